The smallest absolute Gasteiger partial charge is 0.226 e. The molecule has 0 radical (unpaired) electrons. The van der Waals surface area contributed by atoms with Crippen LogP contribution in [0.3, 0.4) is 0 Å². The van der Waals surface area contributed by atoms with Gasteiger partial charge in [-0.1, -0.05) is 30.3 Å². The first-order valence-corrected chi connectivity index (χ1v) is 9.47. The maximum absolute atomic E-state index is 12.6. The molecule has 3 rings (SSSR count). The van der Waals surface area contributed by atoms with Gasteiger partial charge in [0.05, 0.1) is 32.2 Å². The van der Waals surface area contributed by atoms with Crippen LogP contribution in [0.4, 0.5) is 5.69 Å². The Labute approximate surface area is 170 Å². The van der Waals surface area contributed by atoms with Crippen molar-refractivity contribution in [3.8, 4) is 11.5 Å². The second kappa shape index (κ2) is 9.80. The van der Waals surface area contributed by atoms with Crippen molar-refractivity contribution in [2.75, 3.05) is 19.5 Å². The molecule has 0 saturated heterocycles. The highest BCUT2D eigenvalue weighted by molar-refractivity contribution is 5.92. The number of nitrogens with one attached hydrogen (secondary N) is 2. The zero-order chi connectivity index (χ0) is 20.6. The highest BCUT2D eigenvalue weighted by atomic mass is 16.5. The highest BCUT2D eigenvalue weighted by Gasteiger charge is 2.20. The minimum atomic E-state index is -0.135. The number of ether oxygens (including phenoxy) is 2. The predicted octanol–water partition coefficient (Wildman–Crippen LogP) is 4.39. The average Bonchev–Trinajstić information content (AvgIpc) is 3.27. The summed E-state index contributed by atoms with van der Waals surface area (Å²) in [6, 6.07) is 18.9. The van der Waals surface area contributed by atoms with Crippen LogP contribution in [0, 0.1) is 0 Å². The molecule has 0 aliphatic rings. The Kier molecular flexibility index (Phi) is 6.92. The molecule has 2 N–H and O–H groups in total. The van der Waals surface area contributed by atoms with E-state index in [1.165, 1.54) is 0 Å². The summed E-state index contributed by atoms with van der Waals surface area (Å²) in [6.45, 7) is 1.98. The van der Waals surface area contributed by atoms with Crippen LogP contribution in [-0.2, 0) is 4.79 Å². The van der Waals surface area contributed by atoms with Crippen LogP contribution >= 0.6 is 0 Å². The quantitative estimate of drug-likeness (QED) is 0.563. The Bertz CT molecular complexity index is 910. The molecule has 0 saturated carbocycles. The topological polar surface area (TPSA) is 72.7 Å². The van der Waals surface area contributed by atoms with E-state index >= 15 is 0 Å². The van der Waals surface area contributed by atoms with Crippen molar-refractivity contribution < 1.29 is 18.7 Å². The molecule has 1 heterocycles. The molecular weight excluding hydrogens is 368 g/mol. The van der Waals surface area contributed by atoms with Crippen LogP contribution in [0.1, 0.15) is 30.7 Å². The summed E-state index contributed by atoms with van der Waals surface area (Å²) in [7, 11) is 3.14. The van der Waals surface area contributed by atoms with Crippen molar-refractivity contribution >= 4 is 11.6 Å². The van der Waals surface area contributed by atoms with Crippen LogP contribution in [-0.4, -0.2) is 26.2 Å². The monoisotopic (exact) mass is 394 g/mol. The number of methoxy groups -OCH3 is 2. The highest BCUT2D eigenvalue weighted by Crippen LogP contribution is 2.29. The summed E-state index contributed by atoms with van der Waals surface area (Å²) in [5.41, 5.74) is 1.68. The van der Waals surface area contributed by atoms with E-state index in [9.17, 15) is 4.79 Å². The number of hydrogen-bond acceptors (Lipinski definition) is 5. The molecule has 0 aliphatic heterocycles. The fraction of sp³-hybridized carbons (Fsp3) is 0.261. The molecule has 6 nitrogen and oxygen atoms in total. The molecule has 0 aliphatic carbocycles. The van der Waals surface area contributed by atoms with Gasteiger partial charge in [-0.05, 0) is 36.8 Å². The molecule has 152 valence electrons. The molecule has 2 unspecified atom stereocenters. The number of amides is 1. The minimum absolute atomic E-state index is 0.0884. The van der Waals surface area contributed by atoms with Gasteiger partial charge < -0.3 is 24.5 Å². The summed E-state index contributed by atoms with van der Waals surface area (Å²) >= 11 is 0. The molecule has 0 spiro atoms. The van der Waals surface area contributed by atoms with Gasteiger partial charge in [0.2, 0.25) is 5.91 Å². The molecule has 3 aromatic rings. The van der Waals surface area contributed by atoms with Crippen molar-refractivity contribution in [1.82, 2.24) is 5.32 Å². The van der Waals surface area contributed by atoms with E-state index in [4.69, 9.17) is 13.9 Å². The number of carbonyl (C=O) groups excluding carboxylic acids is 1. The molecule has 0 fully saturated rings. The summed E-state index contributed by atoms with van der Waals surface area (Å²) < 4.78 is 16.1. The summed E-state index contributed by atoms with van der Waals surface area (Å²) in [4.78, 5) is 12.6. The maximum Gasteiger partial charge on any atom is 0.226 e. The predicted molar refractivity (Wildman–Crippen MR) is 112 cm³/mol. The second-order valence-electron chi connectivity index (χ2n) is 6.75. The van der Waals surface area contributed by atoms with E-state index < -0.39 is 0 Å². The van der Waals surface area contributed by atoms with E-state index in [0.717, 1.165) is 11.3 Å². The Morgan fingerprint density at radius 1 is 1.03 bits per heavy atom. The van der Waals surface area contributed by atoms with Crippen LogP contribution in [0.5, 0.6) is 11.5 Å². The minimum Gasteiger partial charge on any atom is -0.497 e. The lowest BCUT2D eigenvalue weighted by Crippen LogP contribution is -2.34. The average molecular weight is 394 g/mol. The van der Waals surface area contributed by atoms with Gasteiger partial charge >= 0.3 is 0 Å². The molecule has 1 aromatic heterocycles. The van der Waals surface area contributed by atoms with Crippen molar-refractivity contribution in [1.29, 1.82) is 0 Å². The lowest BCUT2D eigenvalue weighted by atomic mass is 10.0. The number of rotatable bonds is 9. The van der Waals surface area contributed by atoms with Crippen molar-refractivity contribution in [2.45, 2.75) is 25.4 Å². The fourth-order valence-corrected chi connectivity index (χ4v) is 3.17. The largest absolute Gasteiger partial charge is 0.497 e. The number of benzene rings is 2. The zero-order valence-corrected chi connectivity index (χ0v) is 16.8. The number of hydrogen-bond donors (Lipinski definition) is 2. The first kappa shape index (κ1) is 20.5. The molecule has 6 heteroatoms. The fourth-order valence-electron chi connectivity index (χ4n) is 3.17. The van der Waals surface area contributed by atoms with Crippen molar-refractivity contribution in [3.05, 3.63) is 78.3 Å². The Balaban J connectivity index is 1.66. The summed E-state index contributed by atoms with van der Waals surface area (Å²) in [5.74, 6) is 1.91. The standard InChI is InChI=1S/C23H26N2O4/c1-16(14-22(26)25-19-12-11-18(27-2)15-21(19)28-3)24-23(20-10-7-13-29-20)17-8-5-4-6-9-17/h4-13,15-16,23-24H,14H2,1-3H3,(H,25,26). The van der Waals surface area contributed by atoms with Gasteiger partial charge in [-0.2, -0.15) is 0 Å². The van der Waals surface area contributed by atoms with E-state index in [2.05, 4.69) is 10.6 Å². The molecule has 0 bridgehead atoms. The first-order chi connectivity index (χ1) is 14.1. The summed E-state index contributed by atoms with van der Waals surface area (Å²) in [5, 5.41) is 6.40. The van der Waals surface area contributed by atoms with Gasteiger partial charge in [-0.3, -0.25) is 4.79 Å². The lowest BCUT2D eigenvalue weighted by Gasteiger charge is -2.22. The third-order valence-electron chi connectivity index (χ3n) is 4.59. The van der Waals surface area contributed by atoms with Crippen LogP contribution in [0.25, 0.3) is 0 Å². The molecular formula is C23H26N2O4. The SMILES string of the molecule is COc1ccc(NC(=O)CC(C)NC(c2ccccc2)c2ccco2)c(OC)c1. The van der Waals surface area contributed by atoms with E-state index in [-0.39, 0.29) is 18.0 Å². The third-order valence-corrected chi connectivity index (χ3v) is 4.59. The Hall–Kier alpha value is -3.25. The van der Waals surface area contributed by atoms with Crippen LogP contribution in [0.15, 0.2) is 71.3 Å². The normalized spacial score (nSPS) is 12.8. The maximum atomic E-state index is 12.6. The molecule has 29 heavy (non-hydrogen) atoms. The van der Waals surface area contributed by atoms with E-state index in [1.54, 1.807) is 38.7 Å². The third kappa shape index (κ3) is 5.39. The number of anilines is 1. The number of furan rings is 1. The Morgan fingerprint density at radius 3 is 2.48 bits per heavy atom. The van der Waals surface area contributed by atoms with Gasteiger partial charge in [0.25, 0.3) is 0 Å². The molecule has 2 atom stereocenters. The van der Waals surface area contributed by atoms with Crippen molar-refractivity contribution in [3.63, 3.8) is 0 Å². The summed E-state index contributed by atoms with van der Waals surface area (Å²) in [6.07, 6.45) is 1.94. The molecule has 1 amide bonds. The van der Waals surface area contributed by atoms with Gasteiger partial charge in [-0.25, -0.2) is 0 Å². The Morgan fingerprint density at radius 2 is 1.83 bits per heavy atom. The van der Waals surface area contributed by atoms with Gasteiger partial charge in [-0.15, -0.1) is 0 Å². The van der Waals surface area contributed by atoms with Gasteiger partial charge in [0, 0.05) is 18.5 Å². The number of carbonyl (C=O) groups is 1. The van der Waals surface area contributed by atoms with Crippen LogP contribution < -0.4 is 20.1 Å². The van der Waals surface area contributed by atoms with Gasteiger partial charge in [0.1, 0.15) is 17.3 Å². The van der Waals surface area contributed by atoms with Crippen LogP contribution in [0.2, 0.25) is 0 Å². The lowest BCUT2D eigenvalue weighted by molar-refractivity contribution is -0.116. The van der Waals surface area contributed by atoms with E-state index in [1.807, 2.05) is 49.4 Å². The second-order valence-corrected chi connectivity index (χ2v) is 6.75. The van der Waals surface area contributed by atoms with Crippen molar-refractivity contribution in [2.24, 2.45) is 0 Å². The zero-order valence-electron chi connectivity index (χ0n) is 16.8. The molecule has 2 aromatic carbocycles. The van der Waals surface area contributed by atoms with Gasteiger partial charge in [0.15, 0.2) is 0 Å². The van der Waals surface area contributed by atoms with E-state index in [0.29, 0.717) is 23.6 Å². The first-order valence-electron chi connectivity index (χ1n) is 9.47.